The van der Waals surface area contributed by atoms with Gasteiger partial charge < -0.3 is 20.9 Å². The summed E-state index contributed by atoms with van der Waals surface area (Å²) in [5, 5.41) is 12.4. The minimum Gasteiger partial charge on any atom is -0.432 e. The van der Waals surface area contributed by atoms with Crippen molar-refractivity contribution in [3.63, 3.8) is 0 Å². The van der Waals surface area contributed by atoms with E-state index in [9.17, 15) is 5.11 Å². The standard InChI is InChI=1S/C25H39N3O2S/c1-9-16(2)12-21(27-15-19(5)25(6,7)8)23(26)28-24(31)30-22-14-17(3)20(10-11-29)13-18(22)4/h12-16,23,29H,5,9-11,26H2,1-4,6-8H3,(H,28,31)/b21-12-,27-15?. The van der Waals surface area contributed by atoms with Crippen LogP contribution in [0.1, 0.15) is 57.7 Å². The highest BCUT2D eigenvalue weighted by atomic mass is 32.1. The lowest BCUT2D eigenvalue weighted by Gasteiger charge is -2.21. The lowest BCUT2D eigenvalue weighted by atomic mass is 9.88. The van der Waals surface area contributed by atoms with Gasteiger partial charge in [-0.15, -0.1) is 0 Å². The molecule has 0 aliphatic rings. The summed E-state index contributed by atoms with van der Waals surface area (Å²) in [7, 11) is 0. The number of benzene rings is 1. The molecule has 0 bridgehead atoms. The lowest BCUT2D eigenvalue weighted by molar-refractivity contribution is 0.299. The van der Waals surface area contributed by atoms with Crippen molar-refractivity contribution < 1.29 is 9.84 Å². The molecule has 1 rings (SSSR count). The fourth-order valence-corrected chi connectivity index (χ4v) is 2.88. The zero-order valence-corrected chi connectivity index (χ0v) is 20.9. The molecule has 0 aliphatic heterocycles. The van der Waals surface area contributed by atoms with E-state index in [0.717, 1.165) is 28.7 Å². The summed E-state index contributed by atoms with van der Waals surface area (Å²) < 4.78 is 5.87. The molecule has 6 heteroatoms. The first-order chi connectivity index (χ1) is 14.4. The van der Waals surface area contributed by atoms with Crippen LogP contribution >= 0.6 is 12.2 Å². The Bertz CT molecular complexity index is 838. The van der Waals surface area contributed by atoms with Gasteiger partial charge in [-0.2, -0.15) is 0 Å². The van der Waals surface area contributed by atoms with E-state index in [2.05, 4.69) is 51.5 Å². The third kappa shape index (κ3) is 8.93. The first kappa shape index (κ1) is 27.0. The topological polar surface area (TPSA) is 79.9 Å². The molecule has 1 aromatic carbocycles. The smallest absolute Gasteiger partial charge is 0.263 e. The number of nitrogens with one attached hydrogen (secondary N) is 1. The van der Waals surface area contributed by atoms with Gasteiger partial charge in [0.15, 0.2) is 0 Å². The van der Waals surface area contributed by atoms with Crippen LogP contribution < -0.4 is 15.8 Å². The number of nitrogens with two attached hydrogens (primary N) is 1. The SMILES string of the molecule is C=C(C=N/C(=C\C(C)CC)C(N)NC(=S)Oc1cc(C)c(CCO)cc1C)C(C)(C)C. The van der Waals surface area contributed by atoms with E-state index >= 15 is 0 Å². The molecule has 31 heavy (non-hydrogen) atoms. The first-order valence-electron chi connectivity index (χ1n) is 10.8. The molecule has 0 fully saturated rings. The van der Waals surface area contributed by atoms with Crippen LogP contribution in [-0.4, -0.2) is 29.3 Å². The number of aliphatic hydroxyl groups is 1. The van der Waals surface area contributed by atoms with Gasteiger partial charge >= 0.3 is 0 Å². The molecule has 0 spiro atoms. The molecule has 0 heterocycles. The molecular weight excluding hydrogens is 406 g/mol. The number of aliphatic imine (C=N–C) groups is 1. The molecule has 0 aromatic heterocycles. The quantitative estimate of drug-likeness (QED) is 0.284. The monoisotopic (exact) mass is 445 g/mol. The second-order valence-electron chi connectivity index (χ2n) is 9.04. The third-order valence-electron chi connectivity index (χ3n) is 5.24. The Morgan fingerprint density at radius 2 is 1.97 bits per heavy atom. The molecule has 1 aromatic rings. The van der Waals surface area contributed by atoms with Gasteiger partial charge in [0.1, 0.15) is 11.9 Å². The predicted octanol–water partition coefficient (Wildman–Crippen LogP) is 4.98. The summed E-state index contributed by atoms with van der Waals surface area (Å²) in [5.74, 6) is 0.988. The van der Waals surface area contributed by atoms with Crippen molar-refractivity contribution >= 4 is 23.6 Å². The largest absolute Gasteiger partial charge is 0.432 e. The Kier molecular flexibility index (Phi) is 10.6. The number of hydrogen-bond donors (Lipinski definition) is 3. The van der Waals surface area contributed by atoms with Gasteiger partial charge in [0.25, 0.3) is 5.17 Å². The molecule has 4 N–H and O–H groups in total. The van der Waals surface area contributed by atoms with Crippen LogP contribution in [0.25, 0.3) is 0 Å². The van der Waals surface area contributed by atoms with E-state index in [1.807, 2.05) is 32.1 Å². The van der Waals surface area contributed by atoms with Crippen molar-refractivity contribution in [2.24, 2.45) is 22.1 Å². The van der Waals surface area contributed by atoms with Crippen LogP contribution in [0.4, 0.5) is 0 Å². The van der Waals surface area contributed by atoms with Crippen molar-refractivity contribution in [3.05, 3.63) is 52.7 Å². The minimum atomic E-state index is -0.611. The van der Waals surface area contributed by atoms with Crippen molar-refractivity contribution in [2.45, 2.75) is 67.5 Å². The maximum absolute atomic E-state index is 9.21. The Balaban J connectivity index is 2.98. The lowest BCUT2D eigenvalue weighted by Crippen LogP contribution is -2.44. The summed E-state index contributed by atoms with van der Waals surface area (Å²) in [6, 6.07) is 3.95. The number of rotatable bonds is 9. The number of hydrogen-bond acceptors (Lipinski definition) is 5. The summed E-state index contributed by atoms with van der Waals surface area (Å²) in [6.45, 7) is 18.7. The number of aryl methyl sites for hydroxylation is 2. The summed E-state index contributed by atoms with van der Waals surface area (Å²) >= 11 is 5.41. The maximum atomic E-state index is 9.21. The number of allylic oxidation sites excluding steroid dienone is 2. The van der Waals surface area contributed by atoms with Crippen LogP contribution in [0.3, 0.4) is 0 Å². The zero-order chi connectivity index (χ0) is 23.8. The molecule has 172 valence electrons. The van der Waals surface area contributed by atoms with Gasteiger partial charge in [-0.25, -0.2) is 0 Å². The second-order valence-corrected chi connectivity index (χ2v) is 9.41. The van der Waals surface area contributed by atoms with E-state index in [1.54, 1.807) is 6.21 Å². The normalized spacial score (nSPS) is 14.4. The summed E-state index contributed by atoms with van der Waals surface area (Å²) in [5.41, 5.74) is 11.0. The van der Waals surface area contributed by atoms with Crippen molar-refractivity contribution in [1.82, 2.24) is 5.32 Å². The van der Waals surface area contributed by atoms with Crippen molar-refractivity contribution in [1.29, 1.82) is 0 Å². The van der Waals surface area contributed by atoms with Crippen LogP contribution in [0, 0.1) is 25.2 Å². The molecule has 0 aliphatic carbocycles. The zero-order valence-electron chi connectivity index (χ0n) is 20.1. The molecule has 0 amide bonds. The Morgan fingerprint density at radius 3 is 2.52 bits per heavy atom. The molecule has 2 unspecified atom stereocenters. The third-order valence-corrected chi connectivity index (χ3v) is 5.44. The number of ether oxygens (including phenoxy) is 1. The van der Waals surface area contributed by atoms with E-state index in [0.29, 0.717) is 23.8 Å². The molecule has 5 nitrogen and oxygen atoms in total. The minimum absolute atomic E-state index is 0.0709. The highest BCUT2D eigenvalue weighted by Gasteiger charge is 2.16. The van der Waals surface area contributed by atoms with Gasteiger partial charge in [0.05, 0.1) is 5.70 Å². The number of nitrogens with zero attached hydrogens (tertiary/aromatic N) is 1. The average Bonchev–Trinajstić information content (AvgIpc) is 2.67. The molecule has 0 saturated carbocycles. The van der Waals surface area contributed by atoms with Gasteiger partial charge in [-0.05, 0) is 72.1 Å². The Hall–Kier alpha value is -2.02. The van der Waals surface area contributed by atoms with Gasteiger partial charge in [0.2, 0.25) is 0 Å². The maximum Gasteiger partial charge on any atom is 0.263 e. The molecule has 0 saturated heterocycles. The highest BCUT2D eigenvalue weighted by molar-refractivity contribution is 7.80. The van der Waals surface area contributed by atoms with E-state index < -0.39 is 6.17 Å². The van der Waals surface area contributed by atoms with E-state index in [4.69, 9.17) is 22.7 Å². The highest BCUT2D eigenvalue weighted by Crippen LogP contribution is 2.24. The molecule has 0 radical (unpaired) electrons. The Labute approximate surface area is 193 Å². The number of thiocarbonyl (C=S) groups is 1. The van der Waals surface area contributed by atoms with Crippen LogP contribution in [0.5, 0.6) is 5.75 Å². The fourth-order valence-electron chi connectivity index (χ4n) is 2.66. The van der Waals surface area contributed by atoms with E-state index in [-0.39, 0.29) is 17.2 Å². The van der Waals surface area contributed by atoms with Crippen molar-refractivity contribution in [3.8, 4) is 5.75 Å². The number of aliphatic hydroxyl groups excluding tert-OH is 1. The summed E-state index contributed by atoms with van der Waals surface area (Å²) in [4.78, 5) is 4.61. The summed E-state index contributed by atoms with van der Waals surface area (Å²) in [6.07, 6.45) is 4.80. The van der Waals surface area contributed by atoms with Crippen molar-refractivity contribution in [2.75, 3.05) is 6.61 Å². The van der Waals surface area contributed by atoms with Crippen LogP contribution in [0.15, 0.2) is 41.1 Å². The van der Waals surface area contributed by atoms with Gasteiger partial charge in [-0.1, -0.05) is 59.8 Å². The second kappa shape index (κ2) is 12.1. The Morgan fingerprint density at radius 1 is 1.32 bits per heavy atom. The molecular formula is C25H39N3O2S. The molecule has 2 atom stereocenters. The van der Waals surface area contributed by atoms with Gasteiger partial charge in [-0.3, -0.25) is 4.99 Å². The van der Waals surface area contributed by atoms with E-state index in [1.165, 1.54) is 0 Å². The van der Waals surface area contributed by atoms with Gasteiger partial charge in [0, 0.05) is 12.8 Å². The average molecular weight is 446 g/mol. The fraction of sp³-hybridized carbons (Fsp3) is 0.520. The van der Waals surface area contributed by atoms with Crippen LogP contribution in [0.2, 0.25) is 0 Å². The predicted molar refractivity (Wildman–Crippen MR) is 136 cm³/mol. The van der Waals surface area contributed by atoms with Crippen LogP contribution in [-0.2, 0) is 6.42 Å². The first-order valence-corrected chi connectivity index (χ1v) is 11.2.